The molecule has 0 spiro atoms. The predicted octanol–water partition coefficient (Wildman–Crippen LogP) is 2.14. The average Bonchev–Trinajstić information content (AvgIpc) is 2.71. The fourth-order valence-electron chi connectivity index (χ4n) is 3.51. The van der Waals surface area contributed by atoms with E-state index in [0.29, 0.717) is 12.5 Å². The van der Waals surface area contributed by atoms with E-state index in [-0.39, 0.29) is 11.9 Å². The summed E-state index contributed by atoms with van der Waals surface area (Å²) in [6.45, 7) is 5.13. The molecular weight excluding hydrogens is 368 g/mol. The first-order valence-electron chi connectivity index (χ1n) is 10.1. The van der Waals surface area contributed by atoms with Gasteiger partial charge in [0.1, 0.15) is 12.4 Å². The third kappa shape index (κ3) is 5.57. The highest BCUT2D eigenvalue weighted by Gasteiger charge is 2.23. The van der Waals surface area contributed by atoms with Gasteiger partial charge < -0.3 is 26.4 Å². The van der Waals surface area contributed by atoms with Gasteiger partial charge in [-0.2, -0.15) is 4.98 Å². The van der Waals surface area contributed by atoms with Gasteiger partial charge in [0, 0.05) is 42.3 Å². The van der Waals surface area contributed by atoms with Gasteiger partial charge >= 0.3 is 0 Å². The zero-order valence-electron chi connectivity index (χ0n) is 17.1. The molecule has 0 radical (unpaired) electrons. The maximum Gasteiger partial charge on any atom is 0.245 e. The van der Waals surface area contributed by atoms with Crippen LogP contribution in [0.25, 0.3) is 0 Å². The predicted molar refractivity (Wildman–Crippen MR) is 115 cm³/mol. The minimum atomic E-state index is -0.488. The van der Waals surface area contributed by atoms with E-state index in [4.69, 9.17) is 15.8 Å². The average molecular weight is 399 g/mol. The number of piperidine rings is 1. The first-order chi connectivity index (χ1) is 14.0. The Hall–Kier alpha value is -2.87. The second-order valence-corrected chi connectivity index (χ2v) is 7.50. The van der Waals surface area contributed by atoms with Crippen LogP contribution in [0.5, 0.6) is 0 Å². The van der Waals surface area contributed by atoms with E-state index < -0.39 is 6.61 Å². The third-order valence-electron chi connectivity index (χ3n) is 5.06. The number of carbonyl (C=O) groups is 1. The van der Waals surface area contributed by atoms with Crippen LogP contribution in [0.3, 0.4) is 0 Å². The number of aliphatic hydroxyl groups is 1. The summed E-state index contributed by atoms with van der Waals surface area (Å²) in [6.07, 6.45) is 3.69. The van der Waals surface area contributed by atoms with Crippen molar-refractivity contribution in [3.63, 3.8) is 0 Å². The quantitative estimate of drug-likeness (QED) is 0.528. The Kier molecular flexibility index (Phi) is 6.87. The van der Waals surface area contributed by atoms with Gasteiger partial charge in [-0.1, -0.05) is 19.4 Å². The molecule has 156 valence electrons. The number of anilines is 4. The molecule has 1 aliphatic heterocycles. The van der Waals surface area contributed by atoms with Gasteiger partial charge in [-0.25, -0.2) is 4.98 Å². The highest BCUT2D eigenvalue weighted by molar-refractivity contribution is 5.77. The van der Waals surface area contributed by atoms with Gasteiger partial charge in [0.15, 0.2) is 0 Å². The molecule has 1 aliphatic rings. The van der Waals surface area contributed by atoms with Crippen molar-refractivity contribution in [3.8, 4) is 0 Å². The normalized spacial score (nSPS) is 16.5. The molecule has 1 aromatic heterocycles. The van der Waals surface area contributed by atoms with Crippen molar-refractivity contribution >= 4 is 29.0 Å². The highest BCUT2D eigenvalue weighted by Crippen LogP contribution is 2.24. The molecule has 1 fully saturated rings. The van der Waals surface area contributed by atoms with E-state index in [1.54, 1.807) is 0 Å². The van der Waals surface area contributed by atoms with E-state index in [1.807, 2.05) is 31.2 Å². The second kappa shape index (κ2) is 9.56. The molecule has 2 heterocycles. The van der Waals surface area contributed by atoms with Crippen LogP contribution in [-0.4, -0.2) is 46.7 Å². The monoisotopic (exact) mass is 398 g/mol. The van der Waals surface area contributed by atoms with Crippen LogP contribution >= 0.6 is 0 Å². The van der Waals surface area contributed by atoms with Gasteiger partial charge in [0.25, 0.3) is 0 Å². The van der Waals surface area contributed by atoms with Crippen LogP contribution in [0.2, 0.25) is 0 Å². The molecule has 0 bridgehead atoms. The minimum Gasteiger partial charge on any atom is -0.398 e. The number of carbonyl (C=O) groups excluding carboxylic acids is 1. The Morgan fingerprint density at radius 2 is 2.17 bits per heavy atom. The Labute approximate surface area is 171 Å². The van der Waals surface area contributed by atoms with E-state index in [1.165, 1.54) is 0 Å². The zero-order valence-corrected chi connectivity index (χ0v) is 17.1. The summed E-state index contributed by atoms with van der Waals surface area (Å²) in [5.41, 5.74) is 9.59. The van der Waals surface area contributed by atoms with Crippen LogP contribution in [0.15, 0.2) is 24.3 Å². The molecular formula is C21H30N6O2. The number of nitrogen functional groups attached to an aromatic ring is 1. The van der Waals surface area contributed by atoms with E-state index in [9.17, 15) is 4.79 Å². The van der Waals surface area contributed by atoms with Crippen molar-refractivity contribution in [1.82, 2.24) is 15.3 Å². The number of aromatic nitrogens is 2. The Bertz CT molecular complexity index is 857. The van der Waals surface area contributed by atoms with Crippen LogP contribution in [-0.2, 0) is 11.2 Å². The zero-order chi connectivity index (χ0) is 20.8. The number of aryl methyl sites for hydroxylation is 2. The maximum atomic E-state index is 11.5. The van der Waals surface area contributed by atoms with Crippen LogP contribution in [0.1, 0.15) is 37.4 Å². The van der Waals surface area contributed by atoms with Gasteiger partial charge in [0.05, 0.1) is 0 Å². The van der Waals surface area contributed by atoms with Gasteiger partial charge in [0.2, 0.25) is 11.9 Å². The van der Waals surface area contributed by atoms with Gasteiger partial charge in [-0.15, -0.1) is 0 Å². The number of benzene rings is 1. The summed E-state index contributed by atoms with van der Waals surface area (Å²) < 4.78 is 0. The minimum absolute atomic E-state index is 0.00120. The smallest absolute Gasteiger partial charge is 0.245 e. The lowest BCUT2D eigenvalue weighted by Gasteiger charge is -2.34. The van der Waals surface area contributed by atoms with Gasteiger partial charge in [-0.3, -0.25) is 4.79 Å². The SMILES string of the molecule is CCCc1cc(N2CCC[C@@H](NC(=O)CO)C2)nc(Nc2ccc(C)c(N)c2)n1. The Morgan fingerprint density at radius 3 is 2.90 bits per heavy atom. The summed E-state index contributed by atoms with van der Waals surface area (Å²) in [7, 11) is 0. The Morgan fingerprint density at radius 1 is 1.34 bits per heavy atom. The molecule has 1 atom stereocenters. The fraction of sp³-hybridized carbons (Fsp3) is 0.476. The number of amides is 1. The van der Waals surface area contributed by atoms with Crippen LogP contribution in [0, 0.1) is 6.92 Å². The lowest BCUT2D eigenvalue weighted by Crippen LogP contribution is -2.48. The molecule has 3 rings (SSSR count). The molecule has 1 saturated heterocycles. The number of rotatable bonds is 7. The molecule has 2 aromatic rings. The molecule has 8 nitrogen and oxygen atoms in total. The van der Waals surface area contributed by atoms with Crippen molar-refractivity contribution in [2.75, 3.05) is 35.6 Å². The molecule has 0 saturated carbocycles. The molecule has 5 N–H and O–H groups in total. The first kappa shape index (κ1) is 20.9. The summed E-state index contributed by atoms with van der Waals surface area (Å²) >= 11 is 0. The van der Waals surface area contributed by atoms with Crippen molar-refractivity contribution in [1.29, 1.82) is 0 Å². The molecule has 8 heteroatoms. The third-order valence-corrected chi connectivity index (χ3v) is 5.06. The summed E-state index contributed by atoms with van der Waals surface area (Å²) in [5.74, 6) is 1.04. The lowest BCUT2D eigenvalue weighted by atomic mass is 10.1. The van der Waals surface area contributed by atoms with Crippen LogP contribution in [0.4, 0.5) is 23.1 Å². The number of hydrogen-bond donors (Lipinski definition) is 4. The summed E-state index contributed by atoms with van der Waals surface area (Å²) in [4.78, 5) is 23.1. The molecule has 29 heavy (non-hydrogen) atoms. The molecule has 1 aromatic carbocycles. The topological polar surface area (TPSA) is 116 Å². The lowest BCUT2D eigenvalue weighted by molar-refractivity contribution is -0.124. The van der Waals surface area contributed by atoms with Crippen LogP contribution < -0.4 is 21.3 Å². The first-order valence-corrected chi connectivity index (χ1v) is 10.1. The number of aliphatic hydroxyl groups excluding tert-OH is 1. The standard InChI is InChI=1S/C21H30N6O2/c1-3-5-15-11-19(27-9-4-6-17(12-27)23-20(29)13-28)26-21(24-15)25-16-8-7-14(2)18(22)10-16/h7-8,10-11,17,28H,3-6,9,12-13,22H2,1-2H3,(H,23,29)(H,24,25,26)/t17-/m1/s1. The number of nitrogens with zero attached hydrogens (tertiary/aromatic N) is 3. The maximum absolute atomic E-state index is 11.5. The highest BCUT2D eigenvalue weighted by atomic mass is 16.3. The van der Waals surface area contributed by atoms with Crippen molar-refractivity contribution in [2.24, 2.45) is 0 Å². The largest absolute Gasteiger partial charge is 0.398 e. The van der Waals surface area contributed by atoms with E-state index in [0.717, 1.165) is 60.7 Å². The Balaban J connectivity index is 1.82. The number of nitrogens with two attached hydrogens (primary N) is 1. The molecule has 1 amide bonds. The van der Waals surface area contributed by atoms with Crippen molar-refractivity contribution in [3.05, 3.63) is 35.5 Å². The molecule has 0 unspecified atom stereocenters. The van der Waals surface area contributed by atoms with Crippen molar-refractivity contribution in [2.45, 2.75) is 45.6 Å². The summed E-state index contributed by atoms with van der Waals surface area (Å²) in [5, 5.41) is 15.1. The fourth-order valence-corrected chi connectivity index (χ4v) is 3.51. The number of hydrogen-bond acceptors (Lipinski definition) is 7. The van der Waals surface area contributed by atoms with E-state index in [2.05, 4.69) is 27.4 Å². The second-order valence-electron chi connectivity index (χ2n) is 7.50. The number of nitrogens with one attached hydrogen (secondary N) is 2. The van der Waals surface area contributed by atoms with Gasteiger partial charge in [-0.05, 0) is 43.9 Å². The van der Waals surface area contributed by atoms with E-state index >= 15 is 0 Å². The molecule has 0 aliphatic carbocycles. The summed E-state index contributed by atoms with van der Waals surface area (Å²) in [6, 6.07) is 7.83. The van der Waals surface area contributed by atoms with Crippen molar-refractivity contribution < 1.29 is 9.90 Å².